The summed E-state index contributed by atoms with van der Waals surface area (Å²) < 4.78 is 24.7. The first-order chi connectivity index (χ1) is 7.96. The number of rotatable bonds is 5. The number of amides is 1. The number of carbonyl (C=O) groups excluding carboxylic acids is 1. The Morgan fingerprint density at radius 1 is 1.35 bits per heavy atom. The van der Waals surface area contributed by atoms with Crippen LogP contribution < -0.4 is 10.5 Å². The SMILES string of the molecule is CCCS(=O)(=O)NC(=O)[C@@H](N)c1ccccc1. The highest BCUT2D eigenvalue weighted by atomic mass is 32.2. The van der Waals surface area contributed by atoms with Gasteiger partial charge in [0.05, 0.1) is 5.75 Å². The summed E-state index contributed by atoms with van der Waals surface area (Å²) >= 11 is 0. The van der Waals surface area contributed by atoms with Gasteiger partial charge in [-0.05, 0) is 12.0 Å². The molecule has 94 valence electrons. The van der Waals surface area contributed by atoms with Crippen molar-refractivity contribution in [3.63, 3.8) is 0 Å². The molecule has 0 unspecified atom stereocenters. The molecule has 0 bridgehead atoms. The average Bonchev–Trinajstić information content (AvgIpc) is 2.28. The van der Waals surface area contributed by atoms with Crippen LogP contribution in [0.1, 0.15) is 24.9 Å². The van der Waals surface area contributed by atoms with Gasteiger partial charge in [0.2, 0.25) is 10.0 Å². The Morgan fingerprint density at radius 3 is 2.47 bits per heavy atom. The monoisotopic (exact) mass is 256 g/mol. The Morgan fingerprint density at radius 2 is 1.94 bits per heavy atom. The van der Waals surface area contributed by atoms with Crippen LogP contribution in [0.3, 0.4) is 0 Å². The quantitative estimate of drug-likeness (QED) is 0.804. The standard InChI is InChI=1S/C11H16N2O3S/c1-2-8-17(15,16)13-11(14)10(12)9-6-4-3-5-7-9/h3-7,10H,2,8,12H2,1H3,(H,13,14)/t10-/m0/s1. The van der Waals surface area contributed by atoms with Gasteiger partial charge in [0.15, 0.2) is 0 Å². The summed E-state index contributed by atoms with van der Waals surface area (Å²) in [4.78, 5) is 11.6. The molecule has 6 heteroatoms. The minimum absolute atomic E-state index is 0.0831. The number of nitrogens with two attached hydrogens (primary N) is 1. The third-order valence-corrected chi connectivity index (χ3v) is 3.63. The number of benzene rings is 1. The average molecular weight is 256 g/mol. The molecule has 1 atom stereocenters. The molecule has 0 saturated carbocycles. The molecule has 0 aliphatic rings. The van der Waals surface area contributed by atoms with Crippen LogP contribution in [0.15, 0.2) is 30.3 Å². The van der Waals surface area contributed by atoms with Gasteiger partial charge in [-0.3, -0.25) is 9.52 Å². The molecule has 0 radical (unpaired) electrons. The molecule has 0 fully saturated rings. The van der Waals surface area contributed by atoms with E-state index < -0.39 is 22.0 Å². The van der Waals surface area contributed by atoms with Gasteiger partial charge < -0.3 is 5.73 Å². The van der Waals surface area contributed by atoms with Crippen molar-refractivity contribution in [2.24, 2.45) is 5.73 Å². The fraction of sp³-hybridized carbons (Fsp3) is 0.364. The van der Waals surface area contributed by atoms with E-state index in [9.17, 15) is 13.2 Å². The second-order valence-electron chi connectivity index (χ2n) is 3.67. The van der Waals surface area contributed by atoms with Crippen molar-refractivity contribution in [2.45, 2.75) is 19.4 Å². The third-order valence-electron chi connectivity index (χ3n) is 2.17. The second-order valence-corrected chi connectivity index (χ2v) is 5.52. The van der Waals surface area contributed by atoms with E-state index in [0.717, 1.165) is 0 Å². The molecular weight excluding hydrogens is 240 g/mol. The highest BCUT2D eigenvalue weighted by molar-refractivity contribution is 7.90. The van der Waals surface area contributed by atoms with Crippen molar-refractivity contribution in [1.82, 2.24) is 4.72 Å². The summed E-state index contributed by atoms with van der Waals surface area (Å²) in [6.07, 6.45) is 0.448. The summed E-state index contributed by atoms with van der Waals surface area (Å²) in [5, 5.41) is 0. The molecular formula is C11H16N2O3S. The third kappa shape index (κ3) is 4.16. The second kappa shape index (κ2) is 5.79. The van der Waals surface area contributed by atoms with Gasteiger partial charge in [0, 0.05) is 0 Å². The van der Waals surface area contributed by atoms with Crippen molar-refractivity contribution in [2.75, 3.05) is 5.75 Å². The van der Waals surface area contributed by atoms with E-state index in [1.165, 1.54) is 0 Å². The van der Waals surface area contributed by atoms with Crippen molar-refractivity contribution >= 4 is 15.9 Å². The number of carbonyl (C=O) groups is 1. The minimum atomic E-state index is -3.56. The maximum Gasteiger partial charge on any atom is 0.254 e. The van der Waals surface area contributed by atoms with Gasteiger partial charge in [-0.15, -0.1) is 0 Å². The minimum Gasteiger partial charge on any atom is -0.316 e. The van der Waals surface area contributed by atoms with Gasteiger partial charge in [-0.2, -0.15) is 0 Å². The van der Waals surface area contributed by atoms with Gasteiger partial charge in [-0.25, -0.2) is 8.42 Å². The van der Waals surface area contributed by atoms with Crippen molar-refractivity contribution in [1.29, 1.82) is 0 Å². The Bertz CT molecular complexity index is 471. The first-order valence-corrected chi connectivity index (χ1v) is 6.96. The van der Waals surface area contributed by atoms with Crippen molar-refractivity contribution in [3.05, 3.63) is 35.9 Å². The summed E-state index contributed by atoms with van der Waals surface area (Å²) in [6.45, 7) is 1.72. The number of sulfonamides is 1. The molecule has 0 saturated heterocycles. The summed E-state index contributed by atoms with van der Waals surface area (Å²) in [5.74, 6) is -0.787. The molecule has 0 aromatic heterocycles. The predicted molar refractivity (Wildman–Crippen MR) is 65.6 cm³/mol. The molecule has 0 aliphatic carbocycles. The highest BCUT2D eigenvalue weighted by Gasteiger charge is 2.20. The van der Waals surface area contributed by atoms with Gasteiger partial charge in [0.25, 0.3) is 5.91 Å². The fourth-order valence-electron chi connectivity index (χ4n) is 1.35. The maximum absolute atomic E-state index is 11.6. The Kier molecular flexibility index (Phi) is 4.65. The summed E-state index contributed by atoms with van der Waals surface area (Å²) in [7, 11) is -3.56. The normalized spacial score (nSPS) is 13.1. The van der Waals surface area contributed by atoms with E-state index >= 15 is 0 Å². The van der Waals surface area contributed by atoms with Crippen LogP contribution in [0.4, 0.5) is 0 Å². The highest BCUT2D eigenvalue weighted by Crippen LogP contribution is 2.09. The zero-order valence-electron chi connectivity index (χ0n) is 9.59. The Labute approximate surface area is 101 Å². The molecule has 1 rings (SSSR count). The lowest BCUT2D eigenvalue weighted by Crippen LogP contribution is -2.39. The van der Waals surface area contributed by atoms with E-state index in [0.29, 0.717) is 12.0 Å². The maximum atomic E-state index is 11.6. The molecule has 1 aromatic rings. The van der Waals surface area contributed by atoms with E-state index in [-0.39, 0.29) is 5.75 Å². The van der Waals surface area contributed by atoms with Crippen LogP contribution in [0.25, 0.3) is 0 Å². The molecule has 17 heavy (non-hydrogen) atoms. The van der Waals surface area contributed by atoms with E-state index in [1.807, 2.05) is 4.72 Å². The summed E-state index contributed by atoms with van der Waals surface area (Å²) in [6, 6.07) is 7.66. The summed E-state index contributed by atoms with van der Waals surface area (Å²) in [5.41, 5.74) is 6.25. The van der Waals surface area contributed by atoms with Crippen LogP contribution in [-0.2, 0) is 14.8 Å². The first kappa shape index (κ1) is 13.7. The Balaban J connectivity index is 2.72. The molecule has 0 aliphatic heterocycles. The zero-order chi connectivity index (χ0) is 12.9. The first-order valence-electron chi connectivity index (χ1n) is 5.31. The van der Waals surface area contributed by atoms with Gasteiger partial charge >= 0.3 is 0 Å². The largest absolute Gasteiger partial charge is 0.316 e. The van der Waals surface area contributed by atoms with Crippen molar-refractivity contribution in [3.8, 4) is 0 Å². The lowest BCUT2D eigenvalue weighted by atomic mass is 10.1. The number of nitrogens with one attached hydrogen (secondary N) is 1. The van der Waals surface area contributed by atoms with Crippen molar-refractivity contribution < 1.29 is 13.2 Å². The lowest BCUT2D eigenvalue weighted by molar-refractivity contribution is -0.120. The van der Waals surface area contributed by atoms with Crippen LogP contribution in [0, 0.1) is 0 Å². The van der Waals surface area contributed by atoms with Gasteiger partial charge in [-0.1, -0.05) is 37.3 Å². The molecule has 3 N–H and O–H groups in total. The number of hydrogen-bond donors (Lipinski definition) is 2. The van der Waals surface area contributed by atoms with Crippen LogP contribution in [0.2, 0.25) is 0 Å². The zero-order valence-corrected chi connectivity index (χ0v) is 10.4. The molecule has 5 nitrogen and oxygen atoms in total. The lowest BCUT2D eigenvalue weighted by Gasteiger charge is -2.12. The van der Waals surface area contributed by atoms with E-state index in [1.54, 1.807) is 37.3 Å². The Hall–Kier alpha value is -1.40. The van der Waals surface area contributed by atoms with E-state index in [4.69, 9.17) is 5.73 Å². The topological polar surface area (TPSA) is 89.3 Å². The number of hydrogen-bond acceptors (Lipinski definition) is 4. The smallest absolute Gasteiger partial charge is 0.254 e. The molecule has 0 heterocycles. The van der Waals surface area contributed by atoms with Gasteiger partial charge in [0.1, 0.15) is 6.04 Å². The predicted octanol–water partition coefficient (Wildman–Crippen LogP) is 0.542. The van der Waals surface area contributed by atoms with Crippen LogP contribution >= 0.6 is 0 Å². The van der Waals surface area contributed by atoms with Crippen LogP contribution in [0.5, 0.6) is 0 Å². The molecule has 0 spiro atoms. The molecule has 1 aromatic carbocycles. The van der Waals surface area contributed by atoms with E-state index in [2.05, 4.69) is 0 Å². The molecule has 1 amide bonds. The van der Waals surface area contributed by atoms with Crippen LogP contribution in [-0.4, -0.2) is 20.1 Å². The fourth-order valence-corrected chi connectivity index (χ4v) is 2.42.